The van der Waals surface area contributed by atoms with Gasteiger partial charge in [-0.1, -0.05) is 42.5 Å². The Balaban J connectivity index is 1.58. The van der Waals surface area contributed by atoms with Crippen LogP contribution in [0.3, 0.4) is 0 Å². The van der Waals surface area contributed by atoms with Crippen molar-refractivity contribution in [2.75, 3.05) is 18.5 Å². The van der Waals surface area contributed by atoms with Gasteiger partial charge in [0.25, 0.3) is 0 Å². The lowest BCUT2D eigenvalue weighted by Gasteiger charge is -2.16. The molecule has 3 aromatic rings. The van der Waals surface area contributed by atoms with Gasteiger partial charge in [-0.25, -0.2) is 0 Å². The maximum Gasteiger partial charge on any atom is 0.122 e. The molecule has 0 amide bonds. The number of ether oxygens (including phenoxy) is 1. The molecule has 0 saturated carbocycles. The summed E-state index contributed by atoms with van der Waals surface area (Å²) in [6, 6.07) is 17.7. The first-order valence-electron chi connectivity index (χ1n) is 8.35. The van der Waals surface area contributed by atoms with Crippen molar-refractivity contribution in [2.45, 2.75) is 12.5 Å². The van der Waals surface area contributed by atoms with Gasteiger partial charge in [-0.05, 0) is 30.2 Å². The Hall–Kier alpha value is -2.85. The van der Waals surface area contributed by atoms with E-state index in [2.05, 4.69) is 16.9 Å². The van der Waals surface area contributed by atoms with Crippen LogP contribution in [0.4, 0.5) is 5.69 Å². The number of para-hydroxylation sites is 2. The number of benzene rings is 2. The maximum absolute atomic E-state index is 10.2. The van der Waals surface area contributed by atoms with Gasteiger partial charge >= 0.3 is 0 Å². The number of aliphatic hydroxyl groups is 1. The van der Waals surface area contributed by atoms with E-state index in [1.54, 1.807) is 6.20 Å². The molecular formula is C21H22N2O2. The lowest BCUT2D eigenvalue weighted by Crippen LogP contribution is -2.26. The fraction of sp³-hybridized carbons (Fsp3) is 0.190. The molecule has 4 nitrogen and oxygen atoms in total. The largest absolute Gasteiger partial charge is 0.491 e. The minimum atomic E-state index is -0.629. The first-order chi connectivity index (χ1) is 12.3. The molecule has 128 valence electrons. The van der Waals surface area contributed by atoms with Crippen LogP contribution in [-0.2, 0) is 6.42 Å². The monoisotopic (exact) mass is 334 g/mol. The van der Waals surface area contributed by atoms with Gasteiger partial charge in [0.15, 0.2) is 0 Å². The number of anilines is 1. The van der Waals surface area contributed by atoms with Crippen LogP contribution in [0.5, 0.6) is 5.75 Å². The fourth-order valence-corrected chi connectivity index (χ4v) is 2.69. The SMILES string of the molecule is C=CCc1ccccc1OCC(O)CNc1cccc2cccnc12. The van der Waals surface area contributed by atoms with E-state index in [1.165, 1.54) is 0 Å². The summed E-state index contributed by atoms with van der Waals surface area (Å²) in [5.41, 5.74) is 2.87. The second kappa shape index (κ2) is 8.31. The molecule has 25 heavy (non-hydrogen) atoms. The molecule has 1 unspecified atom stereocenters. The van der Waals surface area contributed by atoms with Gasteiger partial charge in [0, 0.05) is 18.1 Å². The predicted octanol–water partition coefficient (Wildman–Crippen LogP) is 3.82. The van der Waals surface area contributed by atoms with E-state index in [0.717, 1.165) is 34.3 Å². The number of nitrogens with zero attached hydrogens (tertiary/aromatic N) is 1. The van der Waals surface area contributed by atoms with E-state index in [-0.39, 0.29) is 6.61 Å². The molecular weight excluding hydrogens is 312 g/mol. The summed E-state index contributed by atoms with van der Waals surface area (Å²) in [5, 5.41) is 14.6. The standard InChI is InChI=1S/C21H22N2O2/c1-2-7-16-8-3-4-12-20(16)25-15-18(24)14-23-19-11-5-9-17-10-6-13-22-21(17)19/h2-6,8-13,18,23-24H,1,7,14-15H2. The van der Waals surface area contributed by atoms with E-state index in [1.807, 2.05) is 60.7 Å². The van der Waals surface area contributed by atoms with Crippen molar-refractivity contribution in [3.63, 3.8) is 0 Å². The molecule has 0 saturated heterocycles. The van der Waals surface area contributed by atoms with Crippen molar-refractivity contribution in [3.05, 3.63) is 79.0 Å². The molecule has 1 aromatic heterocycles. The summed E-state index contributed by atoms with van der Waals surface area (Å²) in [6.45, 7) is 4.37. The lowest BCUT2D eigenvalue weighted by molar-refractivity contribution is 0.117. The Morgan fingerprint density at radius 2 is 1.96 bits per heavy atom. The summed E-state index contributed by atoms with van der Waals surface area (Å²) in [6.07, 6.45) is 3.72. The zero-order chi connectivity index (χ0) is 17.5. The van der Waals surface area contributed by atoms with Crippen LogP contribution in [0.25, 0.3) is 10.9 Å². The molecule has 4 heteroatoms. The van der Waals surface area contributed by atoms with Gasteiger partial charge in [-0.15, -0.1) is 6.58 Å². The highest BCUT2D eigenvalue weighted by atomic mass is 16.5. The number of aromatic nitrogens is 1. The smallest absolute Gasteiger partial charge is 0.122 e. The Kier molecular flexibility index (Phi) is 5.65. The van der Waals surface area contributed by atoms with Crippen LogP contribution in [0.15, 0.2) is 73.4 Å². The number of fused-ring (bicyclic) bond motifs is 1. The van der Waals surface area contributed by atoms with Gasteiger partial charge in [-0.3, -0.25) is 4.98 Å². The molecule has 2 aromatic carbocycles. The van der Waals surface area contributed by atoms with Gasteiger partial charge in [0.2, 0.25) is 0 Å². The summed E-state index contributed by atoms with van der Waals surface area (Å²) in [7, 11) is 0. The van der Waals surface area contributed by atoms with Gasteiger partial charge in [0.05, 0.1) is 11.2 Å². The minimum Gasteiger partial charge on any atom is -0.491 e. The van der Waals surface area contributed by atoms with Gasteiger partial charge < -0.3 is 15.2 Å². The molecule has 0 aliphatic carbocycles. The third-order valence-corrected chi connectivity index (χ3v) is 3.93. The van der Waals surface area contributed by atoms with Crippen LogP contribution in [0.2, 0.25) is 0 Å². The Bertz CT molecular complexity index is 843. The van der Waals surface area contributed by atoms with Crippen molar-refractivity contribution in [2.24, 2.45) is 0 Å². The molecule has 0 spiro atoms. The molecule has 0 bridgehead atoms. The average Bonchev–Trinajstić information content (AvgIpc) is 2.66. The average molecular weight is 334 g/mol. The lowest BCUT2D eigenvalue weighted by atomic mass is 10.1. The molecule has 0 fully saturated rings. The second-order valence-corrected chi connectivity index (χ2v) is 5.83. The molecule has 0 aliphatic heterocycles. The fourth-order valence-electron chi connectivity index (χ4n) is 2.69. The van der Waals surface area contributed by atoms with Crippen LogP contribution in [-0.4, -0.2) is 29.3 Å². The molecule has 3 rings (SSSR count). The first kappa shape index (κ1) is 17.0. The Morgan fingerprint density at radius 1 is 1.12 bits per heavy atom. The van der Waals surface area contributed by atoms with E-state index in [0.29, 0.717) is 6.54 Å². The highest BCUT2D eigenvalue weighted by Gasteiger charge is 2.09. The van der Waals surface area contributed by atoms with Gasteiger partial charge in [-0.2, -0.15) is 0 Å². The predicted molar refractivity (Wildman–Crippen MR) is 102 cm³/mol. The van der Waals surface area contributed by atoms with Crippen LogP contribution < -0.4 is 10.1 Å². The summed E-state index contributed by atoms with van der Waals surface area (Å²) < 4.78 is 5.77. The number of allylic oxidation sites excluding steroid dienone is 1. The third kappa shape index (κ3) is 4.37. The minimum absolute atomic E-state index is 0.222. The number of aliphatic hydroxyl groups excluding tert-OH is 1. The maximum atomic E-state index is 10.2. The van der Waals surface area contributed by atoms with Crippen LogP contribution in [0, 0.1) is 0 Å². The molecule has 1 heterocycles. The van der Waals surface area contributed by atoms with Crippen molar-refractivity contribution < 1.29 is 9.84 Å². The zero-order valence-corrected chi connectivity index (χ0v) is 14.1. The normalized spacial score (nSPS) is 11.9. The Morgan fingerprint density at radius 3 is 2.84 bits per heavy atom. The van der Waals surface area contributed by atoms with Crippen molar-refractivity contribution >= 4 is 16.6 Å². The molecule has 1 atom stereocenters. The molecule has 0 radical (unpaired) electrons. The Labute approximate surface area is 147 Å². The third-order valence-electron chi connectivity index (χ3n) is 3.93. The van der Waals surface area contributed by atoms with Gasteiger partial charge in [0.1, 0.15) is 18.5 Å². The number of nitrogens with one attached hydrogen (secondary N) is 1. The summed E-state index contributed by atoms with van der Waals surface area (Å²) >= 11 is 0. The number of rotatable bonds is 8. The zero-order valence-electron chi connectivity index (χ0n) is 14.1. The van der Waals surface area contributed by atoms with E-state index >= 15 is 0 Å². The highest BCUT2D eigenvalue weighted by molar-refractivity contribution is 5.90. The number of hydrogen-bond donors (Lipinski definition) is 2. The first-order valence-corrected chi connectivity index (χ1v) is 8.35. The summed E-state index contributed by atoms with van der Waals surface area (Å²) in [5.74, 6) is 0.785. The van der Waals surface area contributed by atoms with Crippen molar-refractivity contribution in [1.29, 1.82) is 0 Å². The summed E-state index contributed by atoms with van der Waals surface area (Å²) in [4.78, 5) is 4.40. The highest BCUT2D eigenvalue weighted by Crippen LogP contribution is 2.21. The van der Waals surface area contributed by atoms with Crippen molar-refractivity contribution in [1.82, 2.24) is 4.98 Å². The van der Waals surface area contributed by atoms with Crippen LogP contribution >= 0.6 is 0 Å². The molecule has 0 aliphatic rings. The second-order valence-electron chi connectivity index (χ2n) is 5.83. The quantitative estimate of drug-likeness (QED) is 0.615. The number of pyridine rings is 1. The topological polar surface area (TPSA) is 54.4 Å². The number of hydrogen-bond acceptors (Lipinski definition) is 4. The van der Waals surface area contributed by atoms with E-state index < -0.39 is 6.10 Å². The van der Waals surface area contributed by atoms with Crippen molar-refractivity contribution in [3.8, 4) is 5.75 Å². The van der Waals surface area contributed by atoms with E-state index in [9.17, 15) is 5.11 Å². The molecule has 2 N–H and O–H groups in total. The van der Waals surface area contributed by atoms with E-state index in [4.69, 9.17) is 4.74 Å². The van der Waals surface area contributed by atoms with Crippen LogP contribution in [0.1, 0.15) is 5.56 Å².